The Bertz CT molecular complexity index is 1330. The van der Waals surface area contributed by atoms with E-state index in [1.54, 1.807) is 11.1 Å². The van der Waals surface area contributed by atoms with E-state index in [0.717, 1.165) is 28.1 Å². The molecule has 0 saturated carbocycles. The molecular formula is C26H23ClN4O. The Morgan fingerprint density at radius 3 is 2.31 bits per heavy atom. The number of nitrogens with zero attached hydrogens (tertiary/aromatic N) is 4. The second-order valence-electron chi connectivity index (χ2n) is 8.06. The van der Waals surface area contributed by atoms with Crippen molar-refractivity contribution in [1.29, 1.82) is 0 Å². The molecule has 1 aliphatic rings. The maximum Gasteiger partial charge on any atom is 0.262 e. The van der Waals surface area contributed by atoms with Crippen LogP contribution in [-0.4, -0.2) is 22.7 Å². The molecule has 5 rings (SSSR count). The number of fused-ring (bicyclic) bond motifs is 1. The highest BCUT2D eigenvalue weighted by atomic mass is 35.5. The van der Waals surface area contributed by atoms with Gasteiger partial charge in [0.25, 0.3) is 5.91 Å². The van der Waals surface area contributed by atoms with E-state index in [2.05, 4.69) is 35.1 Å². The van der Waals surface area contributed by atoms with Crippen LogP contribution in [0.25, 0.3) is 11.3 Å². The number of aryl methyl sites for hydroxylation is 2. The Morgan fingerprint density at radius 2 is 1.59 bits per heavy atom. The zero-order chi connectivity index (χ0) is 22.4. The molecule has 0 N–H and O–H groups in total. The van der Waals surface area contributed by atoms with Crippen molar-refractivity contribution < 1.29 is 4.79 Å². The molecule has 3 aromatic carbocycles. The average molecular weight is 443 g/mol. The molecule has 0 spiro atoms. The Kier molecular flexibility index (Phi) is 4.98. The highest BCUT2D eigenvalue weighted by Crippen LogP contribution is 2.44. The maximum atomic E-state index is 13.9. The van der Waals surface area contributed by atoms with Crippen molar-refractivity contribution in [2.75, 3.05) is 16.8 Å². The number of benzene rings is 3. The van der Waals surface area contributed by atoms with Crippen molar-refractivity contribution in [1.82, 2.24) is 9.78 Å². The van der Waals surface area contributed by atoms with Crippen LogP contribution in [0.15, 0.2) is 79.0 Å². The number of hydrogen-bond acceptors (Lipinski definition) is 3. The molecule has 0 aliphatic carbocycles. The molecule has 1 aromatic heterocycles. The van der Waals surface area contributed by atoms with Gasteiger partial charge in [-0.1, -0.05) is 53.6 Å². The van der Waals surface area contributed by atoms with Gasteiger partial charge in [-0.2, -0.15) is 5.10 Å². The topological polar surface area (TPSA) is 41.4 Å². The van der Waals surface area contributed by atoms with Crippen LogP contribution in [0.3, 0.4) is 0 Å². The van der Waals surface area contributed by atoms with Gasteiger partial charge in [-0.15, -0.1) is 0 Å². The first-order valence-electron chi connectivity index (χ1n) is 10.5. The molecule has 1 atom stereocenters. The van der Waals surface area contributed by atoms with E-state index < -0.39 is 0 Å². The molecule has 160 valence electrons. The Morgan fingerprint density at radius 1 is 0.875 bits per heavy atom. The molecule has 0 fully saturated rings. The van der Waals surface area contributed by atoms with Gasteiger partial charge in [-0.25, -0.2) is 0 Å². The lowest BCUT2D eigenvalue weighted by Crippen LogP contribution is -2.48. The minimum atomic E-state index is -0.386. The van der Waals surface area contributed by atoms with E-state index in [-0.39, 0.29) is 12.1 Å². The van der Waals surface area contributed by atoms with Crippen molar-refractivity contribution in [2.24, 2.45) is 7.05 Å². The van der Waals surface area contributed by atoms with Crippen LogP contribution >= 0.6 is 11.6 Å². The van der Waals surface area contributed by atoms with E-state index in [9.17, 15) is 4.79 Å². The van der Waals surface area contributed by atoms with Gasteiger partial charge in [0.1, 0.15) is 6.17 Å². The lowest BCUT2D eigenvalue weighted by atomic mass is 9.94. The monoisotopic (exact) mass is 442 g/mol. The predicted molar refractivity (Wildman–Crippen MR) is 129 cm³/mol. The number of amides is 1. The van der Waals surface area contributed by atoms with Crippen LogP contribution in [0.4, 0.5) is 11.4 Å². The highest BCUT2D eigenvalue weighted by molar-refractivity contribution is 6.34. The summed E-state index contributed by atoms with van der Waals surface area (Å²) in [4.78, 5) is 17.8. The lowest BCUT2D eigenvalue weighted by Gasteiger charge is -2.44. The quantitative estimate of drug-likeness (QED) is 0.400. The average Bonchev–Trinajstić information content (AvgIpc) is 3.23. The van der Waals surface area contributed by atoms with Gasteiger partial charge in [0, 0.05) is 31.4 Å². The molecule has 0 radical (unpaired) electrons. The molecule has 1 amide bonds. The van der Waals surface area contributed by atoms with Crippen LogP contribution in [0.5, 0.6) is 0 Å². The number of carbonyl (C=O) groups is 1. The molecule has 0 saturated heterocycles. The highest BCUT2D eigenvalue weighted by Gasteiger charge is 2.39. The minimum absolute atomic E-state index is 0.0756. The number of carbonyl (C=O) groups excluding carboxylic acids is 1. The van der Waals surface area contributed by atoms with Crippen molar-refractivity contribution >= 4 is 28.9 Å². The normalized spacial score (nSPS) is 15.8. The number of halogens is 1. The van der Waals surface area contributed by atoms with Gasteiger partial charge in [-0.05, 0) is 43.3 Å². The summed E-state index contributed by atoms with van der Waals surface area (Å²) in [6.07, 6.45) is 1.40. The molecule has 6 heteroatoms. The smallest absolute Gasteiger partial charge is 0.262 e. The van der Waals surface area contributed by atoms with Gasteiger partial charge >= 0.3 is 0 Å². The summed E-state index contributed by atoms with van der Waals surface area (Å²) >= 11 is 6.61. The van der Waals surface area contributed by atoms with Crippen LogP contribution < -0.4 is 9.80 Å². The summed E-state index contributed by atoms with van der Waals surface area (Å²) in [6, 6.07) is 23.5. The third kappa shape index (κ3) is 3.17. The molecular weight excluding hydrogens is 420 g/mol. The zero-order valence-corrected chi connectivity index (χ0v) is 18.9. The number of rotatable bonds is 3. The standard InChI is InChI=1S/C26H23ClN4O/c1-17-12-13-18(20(16-17)23-14-15-28-30(23)3)25-29(2)22-10-6-4-8-19(22)26(32)31(25)24-11-7-5-9-21(24)27/h4-16,25H,1-3H3. The Balaban J connectivity index is 1.79. The molecule has 1 aliphatic heterocycles. The second-order valence-corrected chi connectivity index (χ2v) is 8.47. The van der Waals surface area contributed by atoms with Crippen molar-refractivity contribution in [3.8, 4) is 11.3 Å². The van der Waals surface area contributed by atoms with Crippen molar-refractivity contribution in [3.05, 3.63) is 101 Å². The predicted octanol–water partition coefficient (Wildman–Crippen LogP) is 5.84. The molecule has 0 bridgehead atoms. The number of hydrogen-bond donors (Lipinski definition) is 0. The number of aromatic nitrogens is 2. The Labute approximate surface area is 192 Å². The molecule has 5 nitrogen and oxygen atoms in total. The van der Waals surface area contributed by atoms with Crippen molar-refractivity contribution in [3.63, 3.8) is 0 Å². The van der Waals surface area contributed by atoms with Gasteiger partial charge < -0.3 is 4.90 Å². The molecule has 4 aromatic rings. The summed E-state index contributed by atoms with van der Waals surface area (Å²) in [5, 5.41) is 4.91. The van der Waals surface area contributed by atoms with E-state index in [1.807, 2.05) is 73.4 Å². The first-order chi connectivity index (χ1) is 15.5. The largest absolute Gasteiger partial charge is 0.349 e. The first-order valence-corrected chi connectivity index (χ1v) is 10.8. The summed E-state index contributed by atoms with van der Waals surface area (Å²) in [7, 11) is 3.95. The number of anilines is 2. The van der Waals surface area contributed by atoms with Crippen molar-refractivity contribution in [2.45, 2.75) is 13.1 Å². The molecule has 1 unspecified atom stereocenters. The summed E-state index contributed by atoms with van der Waals surface area (Å²) in [5.74, 6) is -0.0756. The first kappa shape index (κ1) is 20.3. The van der Waals surface area contributed by atoms with Crippen LogP contribution in [0.2, 0.25) is 5.02 Å². The van der Waals surface area contributed by atoms with E-state index >= 15 is 0 Å². The van der Waals surface area contributed by atoms with Crippen LogP contribution in [0.1, 0.15) is 27.7 Å². The van der Waals surface area contributed by atoms with Crippen LogP contribution in [0, 0.1) is 6.92 Å². The summed E-state index contributed by atoms with van der Waals surface area (Å²) < 4.78 is 1.86. The third-order valence-corrected chi connectivity index (χ3v) is 6.36. The van der Waals surface area contributed by atoms with E-state index in [1.165, 1.54) is 0 Å². The van der Waals surface area contributed by atoms with Gasteiger partial charge in [0.05, 0.1) is 27.7 Å². The minimum Gasteiger partial charge on any atom is -0.349 e. The number of para-hydroxylation sites is 2. The van der Waals surface area contributed by atoms with Gasteiger partial charge in [-0.3, -0.25) is 14.4 Å². The summed E-state index contributed by atoms with van der Waals surface area (Å²) in [5.41, 5.74) is 6.39. The Hall–Kier alpha value is -3.57. The fraction of sp³-hybridized carbons (Fsp3) is 0.154. The third-order valence-electron chi connectivity index (χ3n) is 6.04. The lowest BCUT2D eigenvalue weighted by molar-refractivity contribution is 0.0969. The van der Waals surface area contributed by atoms with Gasteiger partial charge in [0.2, 0.25) is 0 Å². The SMILES string of the molecule is Cc1ccc(C2N(C)c3ccccc3C(=O)N2c2ccccc2Cl)c(-c2ccnn2C)c1. The maximum absolute atomic E-state index is 13.9. The van der Waals surface area contributed by atoms with E-state index in [0.29, 0.717) is 16.3 Å². The zero-order valence-electron chi connectivity index (χ0n) is 18.2. The fourth-order valence-corrected chi connectivity index (χ4v) is 4.73. The fourth-order valence-electron chi connectivity index (χ4n) is 4.50. The van der Waals surface area contributed by atoms with E-state index in [4.69, 9.17) is 11.6 Å². The van der Waals surface area contributed by atoms with Crippen LogP contribution in [-0.2, 0) is 7.05 Å². The molecule has 32 heavy (non-hydrogen) atoms. The molecule has 2 heterocycles. The summed E-state index contributed by atoms with van der Waals surface area (Å²) in [6.45, 7) is 2.07. The second kappa shape index (κ2) is 7.84. The van der Waals surface area contributed by atoms with Gasteiger partial charge in [0.15, 0.2) is 0 Å².